The van der Waals surface area contributed by atoms with E-state index >= 15 is 0 Å². The van der Waals surface area contributed by atoms with Crippen molar-refractivity contribution in [2.75, 3.05) is 5.73 Å². The van der Waals surface area contributed by atoms with Crippen molar-refractivity contribution < 1.29 is 0 Å². The molecule has 0 spiro atoms. The Morgan fingerprint density at radius 2 is 0.918 bits per heavy atom. The molecule has 5 heterocycles. The van der Waals surface area contributed by atoms with E-state index in [4.69, 9.17) is 25.7 Å². The average Bonchev–Trinajstić information content (AvgIpc) is 3.94. The minimum Gasteiger partial charge on any atom is -0.399 e. The van der Waals surface area contributed by atoms with Crippen LogP contribution in [0.3, 0.4) is 0 Å². The van der Waals surface area contributed by atoms with E-state index in [0.717, 1.165) is 90.2 Å². The summed E-state index contributed by atoms with van der Waals surface area (Å²) in [5, 5.41) is 0. The van der Waals surface area contributed by atoms with Crippen molar-refractivity contribution in [1.82, 2.24) is 0 Å². The molecule has 5 nitrogen and oxygen atoms in total. The molecule has 9 rings (SSSR count). The van der Waals surface area contributed by atoms with Gasteiger partial charge in [-0.1, -0.05) is 103 Å². The summed E-state index contributed by atoms with van der Waals surface area (Å²) >= 11 is 0. The molecule has 0 aliphatic carbocycles. The highest BCUT2D eigenvalue weighted by molar-refractivity contribution is 6.50. The molecule has 49 heavy (non-hydrogen) atoms. The number of nitrogen functional groups attached to an aromatic ring is 1. The zero-order chi connectivity index (χ0) is 32.7. The van der Waals surface area contributed by atoms with E-state index in [-0.39, 0.29) is 0 Å². The van der Waals surface area contributed by atoms with Crippen LogP contribution in [0, 0.1) is 0 Å². The molecule has 5 heteroatoms. The van der Waals surface area contributed by atoms with E-state index in [9.17, 15) is 0 Å². The number of benzene rings is 4. The maximum Gasteiger partial charge on any atom is 0.0822 e. The molecule has 0 saturated carbocycles. The number of fused-ring (bicyclic) bond motifs is 4. The second-order valence-corrected chi connectivity index (χ2v) is 12.2. The van der Waals surface area contributed by atoms with Crippen molar-refractivity contribution in [1.29, 1.82) is 0 Å². The SMILES string of the molecule is Nc1ccc(C2=CC3=CC4=NC(=CC5=NC(=CC6=NC(=C(c7ccccc7)C2=N3)C(c2ccccc2)=C6c2ccccc2)C=C5)C=C4)cc1. The lowest BCUT2D eigenvalue weighted by Gasteiger charge is -2.17. The number of hydrogen-bond acceptors (Lipinski definition) is 5. The maximum atomic E-state index is 6.16. The molecule has 5 aliphatic heterocycles. The van der Waals surface area contributed by atoms with E-state index in [2.05, 4.69) is 97.1 Å². The van der Waals surface area contributed by atoms with Crippen LogP contribution in [0.2, 0.25) is 0 Å². The zero-order valence-corrected chi connectivity index (χ0v) is 26.5. The van der Waals surface area contributed by atoms with Crippen LogP contribution in [0.15, 0.2) is 207 Å². The fourth-order valence-electron chi connectivity index (χ4n) is 6.68. The summed E-state index contributed by atoms with van der Waals surface area (Å²) in [5.41, 5.74) is 21.7. The van der Waals surface area contributed by atoms with Gasteiger partial charge in [-0.05, 0) is 83.0 Å². The highest BCUT2D eigenvalue weighted by Crippen LogP contribution is 2.46. The van der Waals surface area contributed by atoms with Crippen LogP contribution in [-0.2, 0) is 0 Å². The van der Waals surface area contributed by atoms with E-state index < -0.39 is 0 Å². The Morgan fingerprint density at radius 3 is 1.53 bits per heavy atom. The van der Waals surface area contributed by atoms with Gasteiger partial charge in [0, 0.05) is 28.0 Å². The topological polar surface area (TPSA) is 75.5 Å². The summed E-state index contributed by atoms with van der Waals surface area (Å²) < 4.78 is 0. The van der Waals surface area contributed by atoms with Crippen LogP contribution in [0.4, 0.5) is 5.69 Å². The first-order valence-electron chi connectivity index (χ1n) is 16.3. The van der Waals surface area contributed by atoms with Crippen LogP contribution in [0.25, 0.3) is 22.3 Å². The van der Waals surface area contributed by atoms with Gasteiger partial charge in [0.25, 0.3) is 0 Å². The van der Waals surface area contributed by atoms with E-state index in [1.54, 1.807) is 0 Å². The molecule has 0 aromatic heterocycles. The lowest BCUT2D eigenvalue weighted by Crippen LogP contribution is -2.07. The molecule has 4 aromatic rings. The quantitative estimate of drug-likeness (QED) is 0.225. The molecule has 0 radical (unpaired) electrons. The number of aliphatic imine (C=N–C) groups is 4. The van der Waals surface area contributed by atoms with Gasteiger partial charge < -0.3 is 5.73 Å². The monoisotopic (exact) mass is 627 g/mol. The van der Waals surface area contributed by atoms with E-state index in [0.29, 0.717) is 5.69 Å². The Bertz CT molecular complexity index is 2420. The first-order valence-corrected chi connectivity index (χ1v) is 16.3. The third-order valence-electron chi connectivity index (χ3n) is 8.89. The van der Waals surface area contributed by atoms with Gasteiger partial charge in [-0.15, -0.1) is 0 Å². The molecule has 4 aromatic carbocycles. The highest BCUT2D eigenvalue weighted by Gasteiger charge is 2.32. The van der Waals surface area contributed by atoms with E-state index in [1.165, 1.54) is 0 Å². The first-order chi connectivity index (χ1) is 24.2. The smallest absolute Gasteiger partial charge is 0.0822 e. The Morgan fingerprint density at radius 1 is 0.388 bits per heavy atom. The summed E-state index contributed by atoms with van der Waals surface area (Å²) in [6, 6.07) is 39.5. The fraction of sp³-hybridized carbons (Fsp3) is 0. The summed E-state index contributed by atoms with van der Waals surface area (Å²) in [6.45, 7) is 0. The number of nitrogens with zero attached hydrogens (tertiary/aromatic N) is 4. The normalized spacial score (nSPS) is 17.7. The molecule has 0 fully saturated rings. The highest BCUT2D eigenvalue weighted by atomic mass is 14.9. The maximum absolute atomic E-state index is 6.16. The first kappa shape index (κ1) is 28.5. The molecule has 0 unspecified atom stereocenters. The minimum absolute atomic E-state index is 0.708. The van der Waals surface area contributed by atoms with Gasteiger partial charge in [0.2, 0.25) is 0 Å². The van der Waals surface area contributed by atoms with Crippen molar-refractivity contribution in [3.8, 4) is 0 Å². The molecule has 2 N–H and O–H groups in total. The van der Waals surface area contributed by atoms with Crippen molar-refractivity contribution in [3.63, 3.8) is 0 Å². The summed E-state index contributed by atoms with van der Waals surface area (Å²) in [6.07, 6.45) is 16.4. The van der Waals surface area contributed by atoms with Crippen LogP contribution < -0.4 is 5.73 Å². The van der Waals surface area contributed by atoms with Gasteiger partial charge >= 0.3 is 0 Å². The minimum atomic E-state index is 0.708. The predicted molar refractivity (Wildman–Crippen MR) is 204 cm³/mol. The summed E-state index contributed by atoms with van der Waals surface area (Å²) in [7, 11) is 0. The third-order valence-corrected chi connectivity index (χ3v) is 8.89. The lowest BCUT2D eigenvalue weighted by atomic mass is 9.86. The molecule has 0 amide bonds. The van der Waals surface area contributed by atoms with Crippen LogP contribution in [0.5, 0.6) is 0 Å². The van der Waals surface area contributed by atoms with Crippen LogP contribution in [-0.4, -0.2) is 22.8 Å². The number of anilines is 1. The Hall–Kier alpha value is -6.72. The van der Waals surface area contributed by atoms with Crippen LogP contribution >= 0.6 is 0 Å². The van der Waals surface area contributed by atoms with Crippen molar-refractivity contribution in [2.24, 2.45) is 20.0 Å². The predicted octanol–water partition coefficient (Wildman–Crippen LogP) is 9.27. The zero-order valence-electron chi connectivity index (χ0n) is 26.5. The second kappa shape index (κ2) is 11.8. The summed E-state index contributed by atoms with van der Waals surface area (Å²) in [5.74, 6) is 0. The molecule has 230 valence electrons. The van der Waals surface area contributed by atoms with Crippen molar-refractivity contribution in [2.45, 2.75) is 0 Å². The van der Waals surface area contributed by atoms with Crippen molar-refractivity contribution in [3.05, 3.63) is 209 Å². The molecule has 0 saturated heterocycles. The molecule has 8 bridgehead atoms. The lowest BCUT2D eigenvalue weighted by molar-refractivity contribution is 1.41. The molecule has 0 atom stereocenters. The van der Waals surface area contributed by atoms with Gasteiger partial charge in [-0.3, -0.25) is 0 Å². The second-order valence-electron chi connectivity index (χ2n) is 12.2. The third kappa shape index (κ3) is 5.33. The van der Waals surface area contributed by atoms with Gasteiger partial charge in [0.05, 0.1) is 45.6 Å². The standard InChI is InChI=1S/C44H29N5/c45-32-18-16-28(17-19-32)38-26-37-25-35-21-20-33(46-35)24-34-22-23-36(47-34)27-39-40(29-10-4-1-5-11-29)41(30-12-6-2-7-13-30)44(49-39)42(43(38)48-37)31-14-8-3-9-15-31/h1-27H,45H2. The van der Waals surface area contributed by atoms with Gasteiger partial charge in [0.1, 0.15) is 0 Å². The van der Waals surface area contributed by atoms with Crippen LogP contribution in [0.1, 0.15) is 22.3 Å². The molecule has 5 aliphatic rings. The van der Waals surface area contributed by atoms with E-state index in [1.807, 2.05) is 66.8 Å². The Labute approximate surface area is 284 Å². The number of allylic oxidation sites excluding steroid dienone is 12. The Kier molecular flexibility index (Phi) is 6.87. The number of nitrogens with two attached hydrogens (primary N) is 1. The van der Waals surface area contributed by atoms with Gasteiger partial charge in [0.15, 0.2) is 0 Å². The Balaban J connectivity index is 1.42. The summed E-state index contributed by atoms with van der Waals surface area (Å²) in [4.78, 5) is 20.8. The van der Waals surface area contributed by atoms with Crippen molar-refractivity contribution >= 4 is 50.8 Å². The fourth-order valence-corrected chi connectivity index (χ4v) is 6.68. The number of hydrogen-bond donors (Lipinski definition) is 1. The molecular weight excluding hydrogens is 599 g/mol. The average molecular weight is 628 g/mol. The van der Waals surface area contributed by atoms with Gasteiger partial charge in [-0.2, -0.15) is 0 Å². The largest absolute Gasteiger partial charge is 0.399 e. The number of rotatable bonds is 4. The molecular formula is C44H29N5. The van der Waals surface area contributed by atoms with Gasteiger partial charge in [-0.25, -0.2) is 20.0 Å².